The highest BCUT2D eigenvalue weighted by atomic mass is 28.4. The first-order valence-electron chi connectivity index (χ1n) is 6.48. The Morgan fingerprint density at radius 3 is 2.18 bits per heavy atom. The molecule has 0 heterocycles. The van der Waals surface area contributed by atoms with E-state index >= 15 is 0 Å². The highest BCUT2D eigenvalue weighted by Crippen LogP contribution is 2.64. The van der Waals surface area contributed by atoms with Gasteiger partial charge in [-0.25, -0.2) is 0 Å². The van der Waals surface area contributed by atoms with E-state index in [-0.39, 0.29) is 23.2 Å². The maximum Gasteiger partial charge on any atom is 0.314 e. The molecule has 0 spiro atoms. The molecule has 3 fully saturated rings. The largest absolute Gasteiger partial charge is 0.439 e. The number of hydrogen-bond donors (Lipinski definition) is 0. The molecule has 0 N–H and O–H groups in total. The van der Waals surface area contributed by atoms with Crippen LogP contribution in [0.4, 0.5) is 0 Å². The molecule has 2 bridgehead atoms. The molecule has 0 aromatic heterocycles. The van der Waals surface area contributed by atoms with E-state index in [0.29, 0.717) is 0 Å². The smallest absolute Gasteiger partial charge is 0.314 e. The Kier molecular flexibility index (Phi) is 2.94. The number of ether oxygens (including phenoxy) is 1. The maximum atomic E-state index is 11.8. The molecule has 3 rings (SSSR count). The van der Waals surface area contributed by atoms with Gasteiger partial charge in [-0.1, -0.05) is 20.8 Å². The quantitative estimate of drug-likeness (QED) is 0.440. The van der Waals surface area contributed by atoms with Crippen molar-refractivity contribution in [1.29, 1.82) is 0 Å². The molecule has 0 atom stereocenters. The zero-order valence-corrected chi connectivity index (χ0v) is 12.6. The van der Waals surface area contributed by atoms with Crippen LogP contribution in [0.3, 0.4) is 0 Å². The van der Waals surface area contributed by atoms with Crippen LogP contribution in [0, 0.1) is 11.3 Å². The minimum absolute atomic E-state index is 0.0290. The van der Waals surface area contributed by atoms with Crippen LogP contribution >= 0.6 is 0 Å². The van der Waals surface area contributed by atoms with Gasteiger partial charge < -0.3 is 9.16 Å². The lowest BCUT2D eigenvalue weighted by atomic mass is 9.44. The summed E-state index contributed by atoms with van der Waals surface area (Å²) in [4.78, 5) is 11.8. The Morgan fingerprint density at radius 2 is 1.82 bits per heavy atom. The summed E-state index contributed by atoms with van der Waals surface area (Å²) in [7, 11) is -1.79. The number of carbonyl (C=O) groups excluding carboxylic acids is 1. The third-order valence-corrected chi connectivity index (χ3v) is 9.34. The number of esters is 1. The van der Waals surface area contributed by atoms with E-state index in [4.69, 9.17) is 9.16 Å². The molecule has 98 valence electrons. The van der Waals surface area contributed by atoms with Crippen LogP contribution in [0.15, 0.2) is 0 Å². The van der Waals surface area contributed by atoms with Crippen molar-refractivity contribution in [2.45, 2.75) is 58.2 Å². The van der Waals surface area contributed by atoms with Crippen molar-refractivity contribution in [1.82, 2.24) is 0 Å². The van der Waals surface area contributed by atoms with Crippen molar-refractivity contribution in [3.05, 3.63) is 0 Å². The molecule has 0 amide bonds. The Bertz CT molecular complexity index is 313. The predicted octanol–water partition coefficient (Wildman–Crippen LogP) is 3.31. The van der Waals surface area contributed by atoms with Gasteiger partial charge in [0.2, 0.25) is 0 Å². The Hall–Kier alpha value is -0.353. The molecular formula is C13H24O3Si. The van der Waals surface area contributed by atoms with Gasteiger partial charge in [0.05, 0.1) is 5.41 Å². The second-order valence-electron chi connectivity index (χ2n) is 7.21. The highest BCUT2D eigenvalue weighted by molar-refractivity contribution is 6.74. The first-order chi connectivity index (χ1) is 7.66. The van der Waals surface area contributed by atoms with Crippen LogP contribution in [-0.4, -0.2) is 21.1 Å². The van der Waals surface area contributed by atoms with Crippen molar-refractivity contribution >= 4 is 14.3 Å². The molecule has 0 unspecified atom stereocenters. The molecule has 17 heavy (non-hydrogen) atoms. The predicted molar refractivity (Wildman–Crippen MR) is 69.0 cm³/mol. The van der Waals surface area contributed by atoms with Gasteiger partial charge >= 0.3 is 5.97 Å². The molecule has 0 aromatic carbocycles. The van der Waals surface area contributed by atoms with Crippen molar-refractivity contribution in [2.75, 3.05) is 6.79 Å². The van der Waals surface area contributed by atoms with E-state index in [1.807, 2.05) is 0 Å². The summed E-state index contributed by atoms with van der Waals surface area (Å²) in [5, 5.41) is 0.162. The van der Waals surface area contributed by atoms with E-state index in [1.165, 1.54) is 0 Å². The van der Waals surface area contributed by atoms with Crippen molar-refractivity contribution in [3.8, 4) is 0 Å². The summed E-state index contributed by atoms with van der Waals surface area (Å²) in [6.07, 6.45) is 3.14. The molecule has 3 aliphatic rings. The fourth-order valence-electron chi connectivity index (χ4n) is 2.33. The summed E-state index contributed by atoms with van der Waals surface area (Å²) in [5.74, 6) is 0.780. The van der Waals surface area contributed by atoms with Crippen LogP contribution in [0.5, 0.6) is 0 Å². The second kappa shape index (κ2) is 3.82. The fraction of sp³-hybridized carbons (Fsp3) is 0.923. The minimum Gasteiger partial charge on any atom is -0.439 e. The average Bonchev–Trinajstić information content (AvgIpc) is 1.94. The van der Waals surface area contributed by atoms with Crippen molar-refractivity contribution < 1.29 is 14.0 Å². The number of hydrogen-bond acceptors (Lipinski definition) is 3. The molecule has 0 aliphatic heterocycles. The van der Waals surface area contributed by atoms with Crippen LogP contribution in [0.1, 0.15) is 40.0 Å². The molecule has 4 heteroatoms. The summed E-state index contributed by atoms with van der Waals surface area (Å²) in [6, 6.07) is 0. The standard InChI is InChI=1S/C13H24O3Si/c1-12(2,3)17(4,5)16-9-15-11(14)13-6-10(7-13)8-13/h10H,6-9H2,1-5H3. The normalized spacial score (nSPS) is 31.5. The summed E-state index contributed by atoms with van der Waals surface area (Å²) in [5.41, 5.74) is -0.0958. The average molecular weight is 256 g/mol. The molecule has 0 radical (unpaired) electrons. The van der Waals surface area contributed by atoms with Crippen LogP contribution < -0.4 is 0 Å². The topological polar surface area (TPSA) is 35.5 Å². The Morgan fingerprint density at radius 1 is 1.29 bits per heavy atom. The molecule has 3 nitrogen and oxygen atoms in total. The van der Waals surface area contributed by atoms with Gasteiger partial charge in [-0.05, 0) is 43.3 Å². The van der Waals surface area contributed by atoms with Gasteiger partial charge in [-0.3, -0.25) is 4.79 Å². The molecular weight excluding hydrogens is 232 g/mol. The SMILES string of the molecule is CC(C)(C)[Si](C)(C)OCOC(=O)C12CC(C1)C2. The maximum absolute atomic E-state index is 11.8. The lowest BCUT2D eigenvalue weighted by Crippen LogP contribution is -2.57. The highest BCUT2D eigenvalue weighted by Gasteiger charge is 2.62. The first-order valence-corrected chi connectivity index (χ1v) is 9.38. The van der Waals surface area contributed by atoms with Crippen molar-refractivity contribution in [3.63, 3.8) is 0 Å². The third-order valence-electron chi connectivity index (χ3n) is 4.89. The van der Waals surface area contributed by atoms with E-state index in [1.54, 1.807) is 0 Å². The first kappa shape index (κ1) is 13.1. The van der Waals surface area contributed by atoms with E-state index in [2.05, 4.69) is 33.9 Å². The number of rotatable bonds is 4. The Labute approximate surface area is 105 Å². The van der Waals surface area contributed by atoms with Crippen LogP contribution in [-0.2, 0) is 14.0 Å². The van der Waals surface area contributed by atoms with Crippen LogP contribution in [0.25, 0.3) is 0 Å². The Balaban J connectivity index is 1.74. The molecule has 3 aliphatic carbocycles. The van der Waals surface area contributed by atoms with E-state index in [9.17, 15) is 4.79 Å². The lowest BCUT2D eigenvalue weighted by molar-refractivity contribution is -0.197. The van der Waals surface area contributed by atoms with E-state index < -0.39 is 8.32 Å². The fourth-order valence-corrected chi connectivity index (χ4v) is 3.11. The summed E-state index contributed by atoms with van der Waals surface area (Å²) < 4.78 is 11.1. The molecule has 3 saturated carbocycles. The monoisotopic (exact) mass is 256 g/mol. The van der Waals surface area contributed by atoms with Crippen LogP contribution in [0.2, 0.25) is 18.1 Å². The van der Waals surface area contributed by atoms with Gasteiger partial charge in [-0.15, -0.1) is 0 Å². The second-order valence-corrected chi connectivity index (χ2v) is 12.0. The number of carbonyl (C=O) groups is 1. The lowest BCUT2D eigenvalue weighted by Gasteiger charge is -2.59. The molecule has 0 saturated heterocycles. The van der Waals surface area contributed by atoms with E-state index in [0.717, 1.165) is 25.2 Å². The summed E-state index contributed by atoms with van der Waals surface area (Å²) in [6.45, 7) is 11.0. The minimum atomic E-state index is -1.79. The van der Waals surface area contributed by atoms with Gasteiger partial charge in [0.25, 0.3) is 0 Å². The van der Waals surface area contributed by atoms with Gasteiger partial charge in [0.15, 0.2) is 15.1 Å². The zero-order chi connectivity index (χ0) is 12.9. The molecule has 0 aromatic rings. The van der Waals surface area contributed by atoms with Gasteiger partial charge in [0, 0.05) is 0 Å². The third kappa shape index (κ3) is 2.17. The van der Waals surface area contributed by atoms with Crippen molar-refractivity contribution in [2.24, 2.45) is 11.3 Å². The van der Waals surface area contributed by atoms with Gasteiger partial charge in [-0.2, -0.15) is 0 Å². The zero-order valence-electron chi connectivity index (χ0n) is 11.6. The summed E-state index contributed by atoms with van der Waals surface area (Å²) >= 11 is 0. The van der Waals surface area contributed by atoms with Gasteiger partial charge in [0.1, 0.15) is 0 Å².